The third-order valence-corrected chi connectivity index (χ3v) is 3.62. The number of aromatic nitrogens is 1. The second-order valence-corrected chi connectivity index (χ2v) is 4.83. The molecule has 0 atom stereocenters. The summed E-state index contributed by atoms with van der Waals surface area (Å²) in [5.41, 5.74) is 1.47. The van der Waals surface area contributed by atoms with E-state index >= 15 is 0 Å². The van der Waals surface area contributed by atoms with Gasteiger partial charge in [-0.3, -0.25) is 4.98 Å². The highest BCUT2D eigenvalue weighted by Gasteiger charge is 2.25. The van der Waals surface area contributed by atoms with Crippen molar-refractivity contribution in [3.8, 4) is 0 Å². The zero-order valence-corrected chi connectivity index (χ0v) is 11.1. The van der Waals surface area contributed by atoms with Crippen LogP contribution in [0.25, 0.3) is 10.9 Å². The highest BCUT2D eigenvalue weighted by Crippen LogP contribution is 2.15. The van der Waals surface area contributed by atoms with Gasteiger partial charge in [-0.15, -0.1) is 0 Å². The fourth-order valence-corrected chi connectivity index (χ4v) is 2.04. The van der Waals surface area contributed by atoms with E-state index in [9.17, 15) is 10.2 Å². The first-order valence-electron chi connectivity index (χ1n) is 6.53. The first-order chi connectivity index (χ1) is 9.23. The Labute approximate surface area is 113 Å². The summed E-state index contributed by atoms with van der Waals surface area (Å²) in [7, 11) is 0. The lowest BCUT2D eigenvalue weighted by molar-refractivity contribution is 0.0864. The molecule has 0 fully saturated rings. The maximum absolute atomic E-state index is 9.39. The van der Waals surface area contributed by atoms with Crippen molar-refractivity contribution in [1.82, 2.24) is 10.3 Å². The second kappa shape index (κ2) is 6.10. The number of nitrogens with one attached hydrogen (secondary N) is 1. The summed E-state index contributed by atoms with van der Waals surface area (Å²) in [5.74, 6) is 0. The van der Waals surface area contributed by atoms with Crippen LogP contribution < -0.4 is 5.32 Å². The lowest BCUT2D eigenvalue weighted by Gasteiger charge is -2.30. The number of fused-ring (bicyclic) bond motifs is 1. The molecule has 0 spiro atoms. The highest BCUT2D eigenvalue weighted by atomic mass is 16.3. The summed E-state index contributed by atoms with van der Waals surface area (Å²) >= 11 is 0. The maximum Gasteiger partial charge on any atom is 0.0702 e. The number of aliphatic hydroxyl groups excluding tert-OH is 2. The van der Waals surface area contributed by atoms with Crippen LogP contribution >= 0.6 is 0 Å². The molecule has 0 aliphatic carbocycles. The van der Waals surface area contributed by atoms with Crippen LogP contribution in [-0.2, 0) is 6.54 Å². The SMILES string of the molecule is CCC(CO)(CO)NCc1ccc2ncccc2c1. The van der Waals surface area contributed by atoms with Gasteiger partial charge in [-0.1, -0.05) is 19.1 Å². The minimum absolute atomic E-state index is 0.0743. The smallest absolute Gasteiger partial charge is 0.0702 e. The van der Waals surface area contributed by atoms with E-state index in [4.69, 9.17) is 0 Å². The highest BCUT2D eigenvalue weighted by molar-refractivity contribution is 5.78. The van der Waals surface area contributed by atoms with Gasteiger partial charge in [0.1, 0.15) is 0 Å². The Kier molecular flexibility index (Phi) is 4.47. The van der Waals surface area contributed by atoms with Crippen LogP contribution in [0.5, 0.6) is 0 Å². The molecular formula is C15H20N2O2. The van der Waals surface area contributed by atoms with Crippen LogP contribution in [0.2, 0.25) is 0 Å². The predicted octanol–water partition coefficient (Wildman–Crippen LogP) is 1.46. The largest absolute Gasteiger partial charge is 0.394 e. The van der Waals surface area contributed by atoms with E-state index in [1.54, 1.807) is 6.20 Å². The summed E-state index contributed by atoms with van der Waals surface area (Å²) in [6.45, 7) is 2.41. The molecule has 19 heavy (non-hydrogen) atoms. The molecule has 102 valence electrons. The Hall–Kier alpha value is -1.49. The van der Waals surface area contributed by atoms with Gasteiger partial charge in [-0.05, 0) is 30.2 Å². The van der Waals surface area contributed by atoms with Crippen LogP contribution in [0, 0.1) is 0 Å². The summed E-state index contributed by atoms with van der Waals surface area (Å²) in [6, 6.07) is 10.0. The van der Waals surface area contributed by atoms with Crippen molar-refractivity contribution < 1.29 is 10.2 Å². The lowest BCUT2D eigenvalue weighted by atomic mass is 9.98. The molecule has 0 amide bonds. The quantitative estimate of drug-likeness (QED) is 0.735. The van der Waals surface area contributed by atoms with Crippen LogP contribution in [0.3, 0.4) is 0 Å². The maximum atomic E-state index is 9.39. The zero-order chi connectivity index (χ0) is 13.7. The van der Waals surface area contributed by atoms with Crippen molar-refractivity contribution in [2.75, 3.05) is 13.2 Å². The molecule has 1 aromatic carbocycles. The third-order valence-electron chi connectivity index (χ3n) is 3.62. The predicted molar refractivity (Wildman–Crippen MR) is 75.8 cm³/mol. The number of hydrogen-bond acceptors (Lipinski definition) is 4. The number of benzene rings is 1. The molecule has 2 rings (SSSR count). The third kappa shape index (κ3) is 3.10. The zero-order valence-electron chi connectivity index (χ0n) is 11.1. The summed E-state index contributed by atoms with van der Waals surface area (Å²) in [6.07, 6.45) is 2.45. The molecule has 4 nitrogen and oxygen atoms in total. The molecule has 0 unspecified atom stereocenters. The number of pyridine rings is 1. The molecule has 0 aliphatic rings. The average Bonchev–Trinajstić information content (AvgIpc) is 2.49. The van der Waals surface area contributed by atoms with Gasteiger partial charge in [0, 0.05) is 18.1 Å². The van der Waals surface area contributed by atoms with E-state index in [0.717, 1.165) is 16.5 Å². The molecule has 1 heterocycles. The van der Waals surface area contributed by atoms with E-state index in [2.05, 4.69) is 16.4 Å². The molecule has 3 N–H and O–H groups in total. The first-order valence-corrected chi connectivity index (χ1v) is 6.53. The van der Waals surface area contributed by atoms with E-state index in [-0.39, 0.29) is 13.2 Å². The Morgan fingerprint density at radius 1 is 1.21 bits per heavy atom. The number of nitrogens with zero attached hydrogens (tertiary/aromatic N) is 1. The molecule has 0 saturated carbocycles. The van der Waals surface area contributed by atoms with Crippen LogP contribution in [0.1, 0.15) is 18.9 Å². The van der Waals surface area contributed by atoms with Gasteiger partial charge in [0.25, 0.3) is 0 Å². The minimum atomic E-state index is -0.607. The van der Waals surface area contributed by atoms with Crippen molar-refractivity contribution in [2.45, 2.75) is 25.4 Å². The molecule has 0 radical (unpaired) electrons. The van der Waals surface area contributed by atoms with Gasteiger partial charge in [0.05, 0.1) is 24.3 Å². The molecular weight excluding hydrogens is 240 g/mol. The number of aliphatic hydroxyl groups is 2. The van der Waals surface area contributed by atoms with Crippen molar-refractivity contribution in [1.29, 1.82) is 0 Å². The van der Waals surface area contributed by atoms with E-state index in [0.29, 0.717) is 13.0 Å². The molecule has 0 bridgehead atoms. The Morgan fingerprint density at radius 3 is 2.68 bits per heavy atom. The van der Waals surface area contributed by atoms with Gasteiger partial charge in [0.2, 0.25) is 0 Å². The Bertz CT molecular complexity index is 530. The van der Waals surface area contributed by atoms with Gasteiger partial charge >= 0.3 is 0 Å². The average molecular weight is 260 g/mol. The van der Waals surface area contributed by atoms with Crippen LogP contribution in [0.4, 0.5) is 0 Å². The van der Waals surface area contributed by atoms with E-state index < -0.39 is 5.54 Å². The second-order valence-electron chi connectivity index (χ2n) is 4.83. The molecule has 2 aromatic rings. The van der Waals surface area contributed by atoms with Gasteiger partial charge in [-0.2, -0.15) is 0 Å². The Balaban J connectivity index is 2.13. The van der Waals surface area contributed by atoms with Gasteiger partial charge in [0.15, 0.2) is 0 Å². The van der Waals surface area contributed by atoms with Gasteiger partial charge < -0.3 is 15.5 Å². The van der Waals surface area contributed by atoms with Crippen molar-refractivity contribution in [2.24, 2.45) is 0 Å². The molecule has 0 aliphatic heterocycles. The van der Waals surface area contributed by atoms with Gasteiger partial charge in [-0.25, -0.2) is 0 Å². The van der Waals surface area contributed by atoms with Crippen molar-refractivity contribution in [3.05, 3.63) is 42.1 Å². The summed E-state index contributed by atoms with van der Waals surface area (Å²) in [5, 5.41) is 23.1. The normalized spacial score (nSPS) is 11.9. The lowest BCUT2D eigenvalue weighted by Crippen LogP contribution is -2.50. The van der Waals surface area contributed by atoms with Crippen LogP contribution in [-0.4, -0.2) is 33.9 Å². The van der Waals surface area contributed by atoms with Crippen molar-refractivity contribution >= 4 is 10.9 Å². The topological polar surface area (TPSA) is 65.4 Å². The molecule has 0 saturated heterocycles. The van der Waals surface area contributed by atoms with Crippen molar-refractivity contribution in [3.63, 3.8) is 0 Å². The van der Waals surface area contributed by atoms with Crippen LogP contribution in [0.15, 0.2) is 36.5 Å². The number of hydrogen-bond donors (Lipinski definition) is 3. The fourth-order valence-electron chi connectivity index (χ4n) is 2.04. The molecule has 1 aromatic heterocycles. The summed E-state index contributed by atoms with van der Waals surface area (Å²) in [4.78, 5) is 4.28. The van der Waals surface area contributed by atoms with E-state index in [1.165, 1.54) is 0 Å². The standard InChI is InChI=1S/C15H20N2O2/c1-2-15(10-18,11-19)17-9-12-5-6-14-13(8-12)4-3-7-16-14/h3-8,17-19H,2,9-11H2,1H3. The monoisotopic (exact) mass is 260 g/mol. The minimum Gasteiger partial charge on any atom is -0.394 e. The van der Waals surface area contributed by atoms with E-state index in [1.807, 2.05) is 31.2 Å². The molecule has 4 heteroatoms. The fraction of sp³-hybridized carbons (Fsp3) is 0.400. The Morgan fingerprint density at radius 2 is 2.00 bits per heavy atom. The first kappa shape index (κ1) is 13.9. The summed E-state index contributed by atoms with van der Waals surface area (Å²) < 4.78 is 0. The number of rotatable bonds is 6.